The van der Waals surface area contributed by atoms with Crippen LogP contribution in [0.15, 0.2) is 30.3 Å². The van der Waals surface area contributed by atoms with Crippen LogP contribution in [0.25, 0.3) is 0 Å². The highest BCUT2D eigenvalue weighted by atomic mass is 19.3. The minimum absolute atomic E-state index is 0.107. The van der Waals surface area contributed by atoms with Crippen molar-refractivity contribution in [3.63, 3.8) is 0 Å². The number of hydrogen-bond donors (Lipinski definition) is 1. The minimum Gasteiger partial charge on any atom is -0.330 e. The van der Waals surface area contributed by atoms with Crippen LogP contribution in [-0.2, 0) is 5.92 Å². The molecule has 0 atom stereocenters. The van der Waals surface area contributed by atoms with Crippen molar-refractivity contribution in [2.45, 2.75) is 44.1 Å². The zero-order valence-electron chi connectivity index (χ0n) is 11.9. The van der Waals surface area contributed by atoms with E-state index in [-0.39, 0.29) is 12.1 Å². The van der Waals surface area contributed by atoms with E-state index in [4.69, 9.17) is 5.73 Å². The maximum atomic E-state index is 14.4. The molecule has 0 heterocycles. The van der Waals surface area contributed by atoms with Gasteiger partial charge in [-0.05, 0) is 32.4 Å². The summed E-state index contributed by atoms with van der Waals surface area (Å²) in [5, 5.41) is 0. The number of rotatable bonds is 7. The molecule has 1 aliphatic rings. The number of nitrogens with two attached hydrogens (primary N) is 1. The fourth-order valence-electron chi connectivity index (χ4n) is 2.98. The van der Waals surface area contributed by atoms with Crippen LogP contribution in [0.1, 0.15) is 37.7 Å². The highest BCUT2D eigenvalue weighted by Gasteiger charge is 2.36. The Bertz CT molecular complexity index is 389. The molecule has 0 radical (unpaired) electrons. The molecule has 1 aliphatic carbocycles. The monoisotopic (exact) mass is 282 g/mol. The third-order valence-corrected chi connectivity index (χ3v) is 4.09. The predicted molar refractivity (Wildman–Crippen MR) is 77.8 cm³/mol. The summed E-state index contributed by atoms with van der Waals surface area (Å²) in [5.41, 5.74) is 5.64. The fourth-order valence-corrected chi connectivity index (χ4v) is 2.98. The molecule has 0 amide bonds. The third kappa shape index (κ3) is 4.00. The van der Waals surface area contributed by atoms with Crippen molar-refractivity contribution in [1.82, 2.24) is 4.90 Å². The Morgan fingerprint density at radius 3 is 2.40 bits per heavy atom. The van der Waals surface area contributed by atoms with Gasteiger partial charge < -0.3 is 5.73 Å². The summed E-state index contributed by atoms with van der Waals surface area (Å²) < 4.78 is 28.8. The average Bonchev–Trinajstić information content (AvgIpc) is 2.98. The van der Waals surface area contributed by atoms with Gasteiger partial charge in [0, 0.05) is 11.6 Å². The lowest BCUT2D eigenvalue weighted by molar-refractivity contribution is -0.0477. The van der Waals surface area contributed by atoms with Gasteiger partial charge in [0.25, 0.3) is 5.92 Å². The molecule has 0 unspecified atom stereocenters. The molecule has 0 bridgehead atoms. The molecule has 0 aromatic heterocycles. The van der Waals surface area contributed by atoms with E-state index in [1.54, 1.807) is 18.2 Å². The van der Waals surface area contributed by atoms with E-state index in [1.807, 2.05) is 4.90 Å². The van der Waals surface area contributed by atoms with Gasteiger partial charge in [-0.15, -0.1) is 0 Å². The minimum atomic E-state index is -2.79. The molecular formula is C16H24F2N2. The smallest absolute Gasteiger partial charge is 0.285 e. The van der Waals surface area contributed by atoms with Gasteiger partial charge in [0.15, 0.2) is 0 Å². The zero-order valence-corrected chi connectivity index (χ0v) is 11.9. The summed E-state index contributed by atoms with van der Waals surface area (Å²) in [6, 6.07) is 8.43. The van der Waals surface area contributed by atoms with Gasteiger partial charge in [0.1, 0.15) is 0 Å². The van der Waals surface area contributed by atoms with Crippen LogP contribution in [0.3, 0.4) is 0 Å². The van der Waals surface area contributed by atoms with Gasteiger partial charge in [-0.3, -0.25) is 4.90 Å². The van der Waals surface area contributed by atoms with E-state index in [2.05, 4.69) is 0 Å². The van der Waals surface area contributed by atoms with Gasteiger partial charge in [0.2, 0.25) is 0 Å². The lowest BCUT2D eigenvalue weighted by Crippen LogP contribution is -2.42. The van der Waals surface area contributed by atoms with Gasteiger partial charge in [-0.2, -0.15) is 8.78 Å². The highest BCUT2D eigenvalue weighted by molar-refractivity contribution is 5.20. The quantitative estimate of drug-likeness (QED) is 0.831. The van der Waals surface area contributed by atoms with Crippen LogP contribution in [0, 0.1) is 0 Å². The lowest BCUT2D eigenvalue weighted by atomic mass is 10.1. The standard InChI is InChI=1S/C16H24F2N2/c17-16(18,14-7-2-1-3-8-14)13-20(12-6-11-19)15-9-4-5-10-15/h1-3,7-8,15H,4-6,9-13,19H2. The summed E-state index contributed by atoms with van der Waals surface area (Å²) in [4.78, 5) is 1.95. The van der Waals surface area contributed by atoms with Crippen LogP contribution >= 0.6 is 0 Å². The first-order valence-electron chi connectivity index (χ1n) is 7.51. The van der Waals surface area contributed by atoms with Crippen LogP contribution in [0.5, 0.6) is 0 Å². The molecule has 2 rings (SSSR count). The molecule has 1 aromatic rings. The van der Waals surface area contributed by atoms with Gasteiger partial charge in [-0.1, -0.05) is 43.2 Å². The molecule has 0 aliphatic heterocycles. The summed E-state index contributed by atoms with van der Waals surface area (Å²) in [5.74, 6) is -2.79. The van der Waals surface area contributed by atoms with Crippen molar-refractivity contribution in [2.24, 2.45) is 5.73 Å². The van der Waals surface area contributed by atoms with Crippen molar-refractivity contribution in [1.29, 1.82) is 0 Å². The van der Waals surface area contributed by atoms with E-state index in [9.17, 15) is 8.78 Å². The first kappa shape index (κ1) is 15.4. The van der Waals surface area contributed by atoms with E-state index in [0.717, 1.165) is 32.1 Å². The topological polar surface area (TPSA) is 29.3 Å². The van der Waals surface area contributed by atoms with Crippen molar-refractivity contribution < 1.29 is 8.78 Å². The second-order valence-electron chi connectivity index (χ2n) is 5.62. The third-order valence-electron chi connectivity index (χ3n) is 4.09. The molecule has 4 heteroatoms. The molecule has 1 saturated carbocycles. The molecule has 20 heavy (non-hydrogen) atoms. The Kier molecular flexibility index (Phi) is 5.49. The molecule has 0 spiro atoms. The van der Waals surface area contributed by atoms with Crippen LogP contribution < -0.4 is 5.73 Å². The molecule has 2 N–H and O–H groups in total. The largest absolute Gasteiger partial charge is 0.330 e. The fraction of sp³-hybridized carbons (Fsp3) is 0.625. The number of nitrogens with zero attached hydrogens (tertiary/aromatic N) is 1. The summed E-state index contributed by atoms with van der Waals surface area (Å²) in [7, 11) is 0. The summed E-state index contributed by atoms with van der Waals surface area (Å²) >= 11 is 0. The second-order valence-corrected chi connectivity index (χ2v) is 5.62. The second kappa shape index (κ2) is 7.14. The Morgan fingerprint density at radius 2 is 1.80 bits per heavy atom. The average molecular weight is 282 g/mol. The first-order chi connectivity index (χ1) is 9.63. The summed E-state index contributed by atoms with van der Waals surface area (Å²) in [6.45, 7) is 1.03. The van der Waals surface area contributed by atoms with Crippen LogP contribution in [0.2, 0.25) is 0 Å². The molecule has 0 saturated heterocycles. The Balaban J connectivity index is 2.05. The Morgan fingerprint density at radius 1 is 1.15 bits per heavy atom. The molecular weight excluding hydrogens is 258 g/mol. The predicted octanol–water partition coefficient (Wildman–Crippen LogP) is 3.37. The van der Waals surface area contributed by atoms with E-state index >= 15 is 0 Å². The van der Waals surface area contributed by atoms with Gasteiger partial charge in [0.05, 0.1) is 6.54 Å². The Labute approximate surface area is 120 Å². The van der Waals surface area contributed by atoms with Gasteiger partial charge in [-0.25, -0.2) is 0 Å². The van der Waals surface area contributed by atoms with Crippen molar-refractivity contribution in [2.75, 3.05) is 19.6 Å². The van der Waals surface area contributed by atoms with Crippen LogP contribution in [-0.4, -0.2) is 30.6 Å². The number of alkyl halides is 2. The highest BCUT2D eigenvalue weighted by Crippen LogP contribution is 2.32. The number of halogens is 2. The van der Waals surface area contributed by atoms with Gasteiger partial charge >= 0.3 is 0 Å². The lowest BCUT2D eigenvalue weighted by Gasteiger charge is -2.32. The maximum absolute atomic E-state index is 14.4. The molecule has 1 aromatic carbocycles. The van der Waals surface area contributed by atoms with Crippen LogP contribution in [0.4, 0.5) is 8.78 Å². The van der Waals surface area contributed by atoms with Crippen molar-refractivity contribution in [3.05, 3.63) is 35.9 Å². The molecule has 1 fully saturated rings. The van der Waals surface area contributed by atoms with Crippen molar-refractivity contribution >= 4 is 0 Å². The normalized spacial score (nSPS) is 17.0. The van der Waals surface area contributed by atoms with E-state index in [1.165, 1.54) is 12.1 Å². The number of benzene rings is 1. The molecule has 2 nitrogen and oxygen atoms in total. The summed E-state index contributed by atoms with van der Waals surface area (Å²) in [6.07, 6.45) is 5.16. The van der Waals surface area contributed by atoms with E-state index < -0.39 is 5.92 Å². The zero-order chi connectivity index (χ0) is 14.4. The van der Waals surface area contributed by atoms with Crippen molar-refractivity contribution in [3.8, 4) is 0 Å². The van der Waals surface area contributed by atoms with E-state index in [0.29, 0.717) is 19.1 Å². The molecule has 112 valence electrons. The number of hydrogen-bond acceptors (Lipinski definition) is 2. The SMILES string of the molecule is NCCCN(CC(F)(F)c1ccccc1)C1CCCC1. The Hall–Kier alpha value is -1.00. The maximum Gasteiger partial charge on any atom is 0.285 e. The first-order valence-corrected chi connectivity index (χ1v) is 7.51.